The lowest BCUT2D eigenvalue weighted by atomic mass is 10.1. The number of unbranched alkanes of at least 4 members (excludes halogenated alkanes) is 5. The molecule has 0 radical (unpaired) electrons. The van der Waals surface area contributed by atoms with Crippen molar-refractivity contribution < 1.29 is 9.53 Å². The average molecular weight is 254 g/mol. The van der Waals surface area contributed by atoms with Gasteiger partial charge in [0.15, 0.2) is 0 Å². The van der Waals surface area contributed by atoms with E-state index in [-0.39, 0.29) is 5.97 Å². The molecule has 0 unspecified atom stereocenters. The summed E-state index contributed by atoms with van der Waals surface area (Å²) in [5.41, 5.74) is 0.730. The minimum Gasteiger partial charge on any atom is -0.457 e. The van der Waals surface area contributed by atoms with E-state index in [4.69, 9.17) is 4.74 Å². The number of hydrogen-bond donors (Lipinski definition) is 0. The van der Waals surface area contributed by atoms with Crippen LogP contribution >= 0.6 is 0 Å². The van der Waals surface area contributed by atoms with E-state index in [1.54, 1.807) is 6.08 Å². The second kappa shape index (κ2) is 9.18. The minimum atomic E-state index is -0.395. The second-order valence-electron chi connectivity index (χ2n) is 6.04. The van der Waals surface area contributed by atoms with Gasteiger partial charge in [0.25, 0.3) is 0 Å². The smallest absolute Gasteiger partial charge is 0.331 e. The Kier molecular flexibility index (Phi) is 8.78. The van der Waals surface area contributed by atoms with Crippen molar-refractivity contribution in [1.29, 1.82) is 0 Å². The van der Waals surface area contributed by atoms with Gasteiger partial charge in [0, 0.05) is 6.08 Å². The highest BCUT2D eigenvalue weighted by Crippen LogP contribution is 2.13. The molecule has 106 valence electrons. The Morgan fingerprint density at radius 3 is 2.17 bits per heavy atom. The highest BCUT2D eigenvalue weighted by Gasteiger charge is 2.14. The number of hydrogen-bond acceptors (Lipinski definition) is 2. The van der Waals surface area contributed by atoms with Gasteiger partial charge >= 0.3 is 5.97 Å². The Labute approximate surface area is 113 Å². The molecular weight excluding hydrogens is 224 g/mol. The SMILES string of the molecule is CCCCCCCC/C(C)=C/C(=O)OC(C)(C)C. The van der Waals surface area contributed by atoms with Gasteiger partial charge in [0.1, 0.15) is 5.60 Å². The Bertz CT molecular complexity index is 259. The zero-order valence-electron chi connectivity index (χ0n) is 12.8. The molecule has 0 aromatic carbocycles. The lowest BCUT2D eigenvalue weighted by molar-refractivity contribution is -0.148. The lowest BCUT2D eigenvalue weighted by Gasteiger charge is -2.18. The van der Waals surface area contributed by atoms with Gasteiger partial charge in [-0.15, -0.1) is 0 Å². The van der Waals surface area contributed by atoms with Crippen molar-refractivity contribution in [1.82, 2.24) is 0 Å². The summed E-state index contributed by atoms with van der Waals surface area (Å²) in [6, 6.07) is 0. The average Bonchev–Trinajstić information content (AvgIpc) is 2.20. The maximum atomic E-state index is 11.5. The molecular formula is C16H30O2. The van der Waals surface area contributed by atoms with Crippen molar-refractivity contribution in [2.75, 3.05) is 0 Å². The summed E-state index contributed by atoms with van der Waals surface area (Å²) in [5.74, 6) is -0.217. The minimum absolute atomic E-state index is 0.217. The van der Waals surface area contributed by atoms with Gasteiger partial charge < -0.3 is 4.74 Å². The van der Waals surface area contributed by atoms with Gasteiger partial charge in [-0.3, -0.25) is 0 Å². The number of carbonyl (C=O) groups is 1. The van der Waals surface area contributed by atoms with Gasteiger partial charge in [0.05, 0.1) is 0 Å². The summed E-state index contributed by atoms with van der Waals surface area (Å²) >= 11 is 0. The number of ether oxygens (including phenoxy) is 1. The fraction of sp³-hybridized carbons (Fsp3) is 0.812. The molecule has 2 heteroatoms. The van der Waals surface area contributed by atoms with Crippen LogP contribution in [0.5, 0.6) is 0 Å². The molecule has 0 saturated heterocycles. The van der Waals surface area contributed by atoms with E-state index in [1.165, 1.54) is 38.5 Å². The number of rotatable bonds is 8. The Balaban J connectivity index is 3.74. The van der Waals surface area contributed by atoms with E-state index in [2.05, 4.69) is 6.92 Å². The predicted octanol–water partition coefficient (Wildman–Crippen LogP) is 5.03. The van der Waals surface area contributed by atoms with Crippen molar-refractivity contribution >= 4 is 5.97 Å². The summed E-state index contributed by atoms with van der Waals surface area (Å²) < 4.78 is 5.25. The topological polar surface area (TPSA) is 26.3 Å². The third kappa shape index (κ3) is 11.7. The van der Waals surface area contributed by atoms with Gasteiger partial charge in [0.2, 0.25) is 0 Å². The maximum absolute atomic E-state index is 11.5. The maximum Gasteiger partial charge on any atom is 0.331 e. The molecule has 0 rings (SSSR count). The molecule has 0 fully saturated rings. The number of esters is 1. The van der Waals surface area contributed by atoms with Crippen LogP contribution in [0, 0.1) is 0 Å². The molecule has 0 atom stereocenters. The molecule has 2 nitrogen and oxygen atoms in total. The Hall–Kier alpha value is -0.790. The summed E-state index contributed by atoms with van der Waals surface area (Å²) in [4.78, 5) is 11.5. The molecule has 0 aliphatic heterocycles. The van der Waals surface area contributed by atoms with Crippen molar-refractivity contribution in [3.8, 4) is 0 Å². The summed E-state index contributed by atoms with van der Waals surface area (Å²) in [6.45, 7) is 9.91. The van der Waals surface area contributed by atoms with Crippen molar-refractivity contribution in [2.24, 2.45) is 0 Å². The molecule has 0 saturated carbocycles. The van der Waals surface area contributed by atoms with Crippen LogP contribution in [0.15, 0.2) is 11.6 Å². The molecule has 0 bridgehead atoms. The largest absolute Gasteiger partial charge is 0.457 e. The van der Waals surface area contributed by atoms with E-state index >= 15 is 0 Å². The van der Waals surface area contributed by atoms with Gasteiger partial charge in [-0.05, 0) is 40.5 Å². The van der Waals surface area contributed by atoms with Crippen molar-refractivity contribution in [3.63, 3.8) is 0 Å². The first-order valence-corrected chi connectivity index (χ1v) is 7.25. The predicted molar refractivity (Wildman–Crippen MR) is 77.6 cm³/mol. The molecule has 0 spiro atoms. The summed E-state index contributed by atoms with van der Waals surface area (Å²) in [7, 11) is 0. The molecule has 0 aliphatic rings. The van der Waals surface area contributed by atoms with Crippen LogP contribution in [0.1, 0.15) is 79.6 Å². The molecule has 18 heavy (non-hydrogen) atoms. The first kappa shape index (κ1) is 17.2. The summed E-state index contributed by atoms with van der Waals surface area (Å²) in [5, 5.41) is 0. The zero-order chi connectivity index (χ0) is 14.0. The van der Waals surface area contributed by atoms with Crippen molar-refractivity contribution in [2.45, 2.75) is 85.2 Å². The molecule has 0 aliphatic carbocycles. The monoisotopic (exact) mass is 254 g/mol. The fourth-order valence-corrected chi connectivity index (χ4v) is 1.79. The van der Waals surface area contributed by atoms with Crippen molar-refractivity contribution in [3.05, 3.63) is 11.6 Å². The van der Waals surface area contributed by atoms with Gasteiger partial charge in [-0.2, -0.15) is 0 Å². The fourth-order valence-electron chi connectivity index (χ4n) is 1.79. The van der Waals surface area contributed by atoms with E-state index in [0.29, 0.717) is 0 Å². The van der Waals surface area contributed by atoms with E-state index in [0.717, 1.165) is 12.0 Å². The normalized spacial score (nSPS) is 12.6. The van der Waals surface area contributed by atoms with Gasteiger partial charge in [-0.1, -0.05) is 44.6 Å². The van der Waals surface area contributed by atoms with Crippen LogP contribution in [0.3, 0.4) is 0 Å². The van der Waals surface area contributed by atoms with Crippen LogP contribution in [0.25, 0.3) is 0 Å². The Morgan fingerprint density at radius 1 is 1.06 bits per heavy atom. The molecule has 0 aromatic rings. The standard InChI is InChI=1S/C16H30O2/c1-6-7-8-9-10-11-12-14(2)13-15(17)18-16(3,4)5/h13H,6-12H2,1-5H3/b14-13+. The zero-order valence-corrected chi connectivity index (χ0v) is 12.8. The number of carbonyl (C=O) groups excluding carboxylic acids is 1. The van der Waals surface area contributed by atoms with E-state index < -0.39 is 5.60 Å². The quantitative estimate of drug-likeness (QED) is 0.345. The number of allylic oxidation sites excluding steroid dienone is 1. The first-order valence-electron chi connectivity index (χ1n) is 7.25. The molecule has 0 N–H and O–H groups in total. The van der Waals surface area contributed by atoms with Crippen LogP contribution in [0.2, 0.25) is 0 Å². The van der Waals surface area contributed by atoms with E-state index in [1.807, 2.05) is 27.7 Å². The molecule has 0 amide bonds. The van der Waals surface area contributed by atoms with Crippen LogP contribution in [0.4, 0.5) is 0 Å². The second-order valence-corrected chi connectivity index (χ2v) is 6.04. The van der Waals surface area contributed by atoms with Crippen LogP contribution in [-0.4, -0.2) is 11.6 Å². The van der Waals surface area contributed by atoms with Crippen LogP contribution in [-0.2, 0) is 9.53 Å². The third-order valence-electron chi connectivity index (χ3n) is 2.70. The Morgan fingerprint density at radius 2 is 1.61 bits per heavy atom. The van der Waals surface area contributed by atoms with Crippen LogP contribution < -0.4 is 0 Å². The van der Waals surface area contributed by atoms with E-state index in [9.17, 15) is 4.79 Å². The third-order valence-corrected chi connectivity index (χ3v) is 2.70. The lowest BCUT2D eigenvalue weighted by Crippen LogP contribution is -2.22. The highest BCUT2D eigenvalue weighted by molar-refractivity contribution is 5.83. The molecule has 0 aromatic heterocycles. The summed E-state index contributed by atoms with van der Waals surface area (Å²) in [6.07, 6.45) is 10.4. The highest BCUT2D eigenvalue weighted by atomic mass is 16.6. The van der Waals surface area contributed by atoms with Gasteiger partial charge in [-0.25, -0.2) is 4.79 Å². The molecule has 0 heterocycles. The first-order chi connectivity index (χ1) is 8.35.